The number of imidazole rings is 1. The van der Waals surface area contributed by atoms with Gasteiger partial charge in [0.15, 0.2) is 15.7 Å². The zero-order valence-corrected chi connectivity index (χ0v) is 10.8. The molecule has 1 aromatic carbocycles. The van der Waals surface area contributed by atoms with E-state index in [1.54, 1.807) is 18.2 Å². The van der Waals surface area contributed by atoms with E-state index < -0.39 is 9.84 Å². The summed E-state index contributed by atoms with van der Waals surface area (Å²) in [6.45, 7) is 0. The second kappa shape index (κ2) is 3.82. The molecule has 0 aliphatic carbocycles. The van der Waals surface area contributed by atoms with Gasteiger partial charge in [-0.2, -0.15) is 5.10 Å². The molecule has 4 N–H and O–H groups in total. The Labute approximate surface area is 108 Å². The summed E-state index contributed by atoms with van der Waals surface area (Å²) in [4.78, 5) is 7.63. The molecule has 0 unspecified atom stereocenters. The van der Waals surface area contributed by atoms with Crippen LogP contribution in [-0.4, -0.2) is 34.8 Å². The standard InChI is InChI=1S/C11H11N5O2S/c1-19(17,18)6-2-3-7-8(4-6)14-11(13-7)9-5-10(12)16-15-9/h2-5H,1H3,(H,13,14)(H3,12,15,16). The predicted molar refractivity (Wildman–Crippen MR) is 71.2 cm³/mol. The lowest BCUT2D eigenvalue weighted by Gasteiger charge is -1.96. The van der Waals surface area contributed by atoms with Gasteiger partial charge in [-0.15, -0.1) is 0 Å². The second-order valence-electron chi connectivity index (χ2n) is 4.24. The number of H-pyrrole nitrogens is 2. The van der Waals surface area contributed by atoms with E-state index in [1.165, 1.54) is 12.3 Å². The fourth-order valence-electron chi connectivity index (χ4n) is 1.81. The summed E-state index contributed by atoms with van der Waals surface area (Å²) in [5.41, 5.74) is 7.50. The lowest BCUT2D eigenvalue weighted by Crippen LogP contribution is -1.96. The minimum atomic E-state index is -3.23. The molecular weight excluding hydrogens is 266 g/mol. The van der Waals surface area contributed by atoms with Crippen molar-refractivity contribution in [3.63, 3.8) is 0 Å². The molecule has 0 saturated carbocycles. The minimum Gasteiger partial charge on any atom is -0.382 e. The predicted octanol–water partition coefficient (Wildman–Crippen LogP) is 0.939. The van der Waals surface area contributed by atoms with E-state index in [-0.39, 0.29) is 4.90 Å². The van der Waals surface area contributed by atoms with Crippen LogP contribution in [0.4, 0.5) is 5.82 Å². The highest BCUT2D eigenvalue weighted by Gasteiger charge is 2.11. The molecule has 98 valence electrons. The van der Waals surface area contributed by atoms with E-state index in [9.17, 15) is 8.42 Å². The molecule has 2 aromatic heterocycles. The normalized spacial score (nSPS) is 12.1. The molecule has 19 heavy (non-hydrogen) atoms. The number of aromatic amines is 2. The number of anilines is 1. The first-order valence-corrected chi connectivity index (χ1v) is 7.34. The Kier molecular flexibility index (Phi) is 2.36. The van der Waals surface area contributed by atoms with E-state index >= 15 is 0 Å². The molecule has 0 fully saturated rings. The number of hydrogen-bond acceptors (Lipinski definition) is 5. The number of nitrogens with one attached hydrogen (secondary N) is 2. The van der Waals surface area contributed by atoms with Gasteiger partial charge in [-0.3, -0.25) is 5.10 Å². The monoisotopic (exact) mass is 277 g/mol. The van der Waals surface area contributed by atoms with Gasteiger partial charge in [0.25, 0.3) is 0 Å². The molecule has 2 heterocycles. The summed E-state index contributed by atoms with van der Waals surface area (Å²) in [6.07, 6.45) is 1.17. The van der Waals surface area contributed by atoms with E-state index in [2.05, 4.69) is 20.2 Å². The van der Waals surface area contributed by atoms with Gasteiger partial charge in [0.1, 0.15) is 11.5 Å². The highest BCUT2D eigenvalue weighted by Crippen LogP contribution is 2.22. The fraction of sp³-hybridized carbons (Fsp3) is 0.0909. The zero-order valence-electron chi connectivity index (χ0n) is 10.0. The Morgan fingerprint density at radius 1 is 1.26 bits per heavy atom. The molecule has 0 spiro atoms. The lowest BCUT2D eigenvalue weighted by molar-refractivity contribution is 0.602. The van der Waals surface area contributed by atoms with Gasteiger partial charge < -0.3 is 10.7 Å². The van der Waals surface area contributed by atoms with Gasteiger partial charge in [-0.05, 0) is 18.2 Å². The average molecular weight is 277 g/mol. The Balaban J connectivity index is 2.16. The van der Waals surface area contributed by atoms with Crippen molar-refractivity contribution in [3.8, 4) is 11.5 Å². The van der Waals surface area contributed by atoms with Gasteiger partial charge in [0.05, 0.1) is 15.9 Å². The van der Waals surface area contributed by atoms with Crippen LogP contribution in [0.3, 0.4) is 0 Å². The SMILES string of the molecule is CS(=O)(=O)c1ccc2nc(-c3cc(N)n[nH]3)[nH]c2c1. The third-order valence-corrected chi connectivity index (χ3v) is 3.84. The molecule has 0 saturated heterocycles. The largest absolute Gasteiger partial charge is 0.382 e. The first-order chi connectivity index (χ1) is 8.93. The Bertz CT molecular complexity index is 862. The Morgan fingerprint density at radius 2 is 2.05 bits per heavy atom. The maximum atomic E-state index is 11.5. The van der Waals surface area contributed by atoms with Crippen LogP contribution in [0, 0.1) is 0 Å². The van der Waals surface area contributed by atoms with E-state index in [1.807, 2.05) is 0 Å². The van der Waals surface area contributed by atoms with Crippen LogP contribution in [-0.2, 0) is 9.84 Å². The highest BCUT2D eigenvalue weighted by molar-refractivity contribution is 7.90. The molecular formula is C11H11N5O2S. The third-order valence-electron chi connectivity index (χ3n) is 2.73. The molecule has 0 bridgehead atoms. The third kappa shape index (κ3) is 2.06. The van der Waals surface area contributed by atoms with Crippen molar-refractivity contribution < 1.29 is 8.42 Å². The minimum absolute atomic E-state index is 0.249. The number of nitrogens with two attached hydrogens (primary N) is 1. The van der Waals surface area contributed by atoms with Crippen LogP contribution in [0.5, 0.6) is 0 Å². The maximum absolute atomic E-state index is 11.5. The van der Waals surface area contributed by atoms with E-state index in [4.69, 9.17) is 5.73 Å². The van der Waals surface area contributed by atoms with Crippen molar-refractivity contribution in [3.05, 3.63) is 24.3 Å². The average Bonchev–Trinajstić information content (AvgIpc) is 2.92. The zero-order chi connectivity index (χ0) is 13.6. The second-order valence-corrected chi connectivity index (χ2v) is 6.26. The van der Waals surface area contributed by atoms with E-state index in [0.29, 0.717) is 28.4 Å². The maximum Gasteiger partial charge on any atom is 0.175 e. The van der Waals surface area contributed by atoms with Gasteiger partial charge in [-0.25, -0.2) is 13.4 Å². The summed E-state index contributed by atoms with van der Waals surface area (Å²) in [7, 11) is -3.23. The highest BCUT2D eigenvalue weighted by atomic mass is 32.2. The summed E-state index contributed by atoms with van der Waals surface area (Å²) in [5, 5.41) is 6.56. The molecule has 0 aliphatic heterocycles. The number of sulfone groups is 1. The Hall–Kier alpha value is -2.35. The number of aromatic nitrogens is 4. The number of nitrogens with zero attached hydrogens (tertiary/aromatic N) is 2. The molecule has 3 rings (SSSR count). The number of hydrogen-bond donors (Lipinski definition) is 3. The first kappa shape index (κ1) is 11.7. The van der Waals surface area contributed by atoms with Crippen molar-refractivity contribution >= 4 is 26.7 Å². The van der Waals surface area contributed by atoms with Gasteiger partial charge in [0, 0.05) is 12.3 Å². The summed E-state index contributed by atoms with van der Waals surface area (Å²) in [5.74, 6) is 0.928. The van der Waals surface area contributed by atoms with Crippen LogP contribution in [0.2, 0.25) is 0 Å². The van der Waals surface area contributed by atoms with E-state index in [0.717, 1.165) is 0 Å². The molecule has 0 amide bonds. The smallest absolute Gasteiger partial charge is 0.175 e. The molecule has 8 heteroatoms. The van der Waals surface area contributed by atoms with Crippen molar-refractivity contribution in [2.45, 2.75) is 4.90 Å². The fourth-order valence-corrected chi connectivity index (χ4v) is 2.45. The van der Waals surface area contributed by atoms with Crippen molar-refractivity contribution in [2.75, 3.05) is 12.0 Å². The summed E-state index contributed by atoms with van der Waals surface area (Å²) < 4.78 is 23.0. The van der Waals surface area contributed by atoms with Crippen LogP contribution in [0.25, 0.3) is 22.6 Å². The van der Waals surface area contributed by atoms with Crippen LogP contribution in [0.1, 0.15) is 0 Å². The Morgan fingerprint density at radius 3 is 2.68 bits per heavy atom. The van der Waals surface area contributed by atoms with Gasteiger partial charge in [0.2, 0.25) is 0 Å². The first-order valence-electron chi connectivity index (χ1n) is 5.44. The molecule has 7 nitrogen and oxygen atoms in total. The lowest BCUT2D eigenvalue weighted by atomic mass is 10.3. The van der Waals surface area contributed by atoms with Crippen LogP contribution in [0.15, 0.2) is 29.2 Å². The molecule has 3 aromatic rings. The van der Waals surface area contributed by atoms with Crippen molar-refractivity contribution in [2.24, 2.45) is 0 Å². The van der Waals surface area contributed by atoms with Crippen molar-refractivity contribution in [1.82, 2.24) is 20.2 Å². The number of rotatable bonds is 2. The topological polar surface area (TPSA) is 118 Å². The number of fused-ring (bicyclic) bond motifs is 1. The van der Waals surface area contributed by atoms with Gasteiger partial charge >= 0.3 is 0 Å². The van der Waals surface area contributed by atoms with Crippen LogP contribution >= 0.6 is 0 Å². The summed E-state index contributed by atoms with van der Waals surface area (Å²) in [6, 6.07) is 6.39. The van der Waals surface area contributed by atoms with Crippen molar-refractivity contribution in [1.29, 1.82) is 0 Å². The molecule has 0 atom stereocenters. The number of benzene rings is 1. The van der Waals surface area contributed by atoms with Crippen LogP contribution < -0.4 is 5.73 Å². The quantitative estimate of drug-likeness (QED) is 0.644. The number of nitrogen functional groups attached to an aromatic ring is 1. The molecule has 0 aliphatic rings. The molecule has 0 radical (unpaired) electrons. The van der Waals surface area contributed by atoms with Gasteiger partial charge in [-0.1, -0.05) is 0 Å². The summed E-state index contributed by atoms with van der Waals surface area (Å²) >= 11 is 0.